The van der Waals surface area contributed by atoms with Crippen molar-refractivity contribution >= 4 is 47.4 Å². The zero-order chi connectivity index (χ0) is 25.3. The number of alkyl halides is 1. The van der Waals surface area contributed by atoms with Crippen LogP contribution in [0.1, 0.15) is 39.7 Å². The van der Waals surface area contributed by atoms with E-state index < -0.39 is 11.9 Å². The molecule has 0 fully saturated rings. The number of anilines is 2. The highest BCUT2D eigenvalue weighted by atomic mass is 35.5. The number of hydrogen-bond acceptors (Lipinski definition) is 4. The zero-order valence-electron chi connectivity index (χ0n) is 19.7. The van der Waals surface area contributed by atoms with E-state index >= 15 is 4.39 Å². The Labute approximate surface area is 204 Å². The summed E-state index contributed by atoms with van der Waals surface area (Å²) in [7, 11) is 0. The van der Waals surface area contributed by atoms with Crippen LogP contribution < -0.4 is 15.0 Å². The molecule has 0 bridgehead atoms. The Kier molecular flexibility index (Phi) is 11.1. The van der Waals surface area contributed by atoms with Crippen molar-refractivity contribution in [3.05, 3.63) is 53.6 Å². The summed E-state index contributed by atoms with van der Waals surface area (Å²) in [6, 6.07) is 8.70. The predicted molar refractivity (Wildman–Crippen MR) is 133 cm³/mol. The maximum atomic E-state index is 15.1. The van der Waals surface area contributed by atoms with E-state index in [1.807, 2.05) is 20.8 Å². The second-order valence-corrected chi connectivity index (χ2v) is 8.37. The number of carbonyl (C=O) groups is 2. The van der Waals surface area contributed by atoms with E-state index in [1.165, 1.54) is 36.4 Å². The summed E-state index contributed by atoms with van der Waals surface area (Å²) in [4.78, 5) is 26.2. The molecule has 3 rings (SSSR count). The van der Waals surface area contributed by atoms with Gasteiger partial charge in [-0.15, -0.1) is 11.6 Å². The second-order valence-electron chi connectivity index (χ2n) is 8.37. The molecule has 2 aromatic carbocycles. The maximum Gasteiger partial charge on any atom is 0.268 e. The first kappa shape index (κ1) is 28.7. The van der Waals surface area contributed by atoms with Gasteiger partial charge in [-0.05, 0) is 48.4 Å². The van der Waals surface area contributed by atoms with E-state index in [0.29, 0.717) is 5.56 Å². The summed E-state index contributed by atoms with van der Waals surface area (Å²) in [5, 5.41) is 2.57. The Bertz CT molecular complexity index is 950. The van der Waals surface area contributed by atoms with E-state index in [-0.39, 0.29) is 53.1 Å². The SMILES string of the molecule is CC1Oc2c(ccc(NC(=O)CC(C)(C)C)c2F)N(Cc2ccc(F)cc2)C1=O.CCl.CS. The lowest BCUT2D eigenvalue weighted by molar-refractivity contribution is -0.125. The number of thiol groups is 1. The molecule has 2 aromatic rings. The van der Waals surface area contributed by atoms with Gasteiger partial charge in [-0.2, -0.15) is 12.6 Å². The molecular formula is C24H31ClF2N2O3S. The Balaban J connectivity index is 0.00000129. The molecular weight excluding hydrogens is 470 g/mol. The first-order valence-electron chi connectivity index (χ1n) is 10.2. The van der Waals surface area contributed by atoms with Gasteiger partial charge in [-0.1, -0.05) is 32.9 Å². The molecule has 0 spiro atoms. The third-order valence-corrected chi connectivity index (χ3v) is 4.49. The molecule has 0 aliphatic carbocycles. The van der Waals surface area contributed by atoms with Crippen molar-refractivity contribution in [2.24, 2.45) is 5.41 Å². The first-order chi connectivity index (χ1) is 15.5. The number of fused-ring (bicyclic) bond motifs is 1. The number of ether oxygens (including phenoxy) is 1. The molecule has 1 heterocycles. The molecule has 1 N–H and O–H groups in total. The number of hydrogen-bond donors (Lipinski definition) is 2. The molecule has 0 radical (unpaired) electrons. The summed E-state index contributed by atoms with van der Waals surface area (Å²) < 4.78 is 33.8. The van der Waals surface area contributed by atoms with Crippen molar-refractivity contribution in [3.8, 4) is 5.75 Å². The average molecular weight is 501 g/mol. The fourth-order valence-electron chi connectivity index (χ4n) is 3.14. The monoisotopic (exact) mass is 500 g/mol. The molecule has 0 aromatic heterocycles. The van der Waals surface area contributed by atoms with Crippen molar-refractivity contribution in [1.29, 1.82) is 0 Å². The summed E-state index contributed by atoms with van der Waals surface area (Å²) in [6.07, 6.45) is 2.51. The molecule has 2 amide bonds. The van der Waals surface area contributed by atoms with Gasteiger partial charge < -0.3 is 15.0 Å². The normalized spacial score (nSPS) is 14.7. The van der Waals surface area contributed by atoms with E-state index in [1.54, 1.807) is 24.5 Å². The van der Waals surface area contributed by atoms with Gasteiger partial charge in [0.2, 0.25) is 5.91 Å². The van der Waals surface area contributed by atoms with Gasteiger partial charge in [0.25, 0.3) is 5.91 Å². The fraction of sp³-hybridized carbons (Fsp3) is 0.417. The van der Waals surface area contributed by atoms with Crippen LogP contribution >= 0.6 is 24.2 Å². The largest absolute Gasteiger partial charge is 0.476 e. The molecule has 1 aliphatic heterocycles. The van der Waals surface area contributed by atoms with Crippen molar-refractivity contribution in [2.45, 2.75) is 46.8 Å². The van der Waals surface area contributed by atoms with Crippen LogP contribution in [0.5, 0.6) is 5.75 Å². The molecule has 5 nitrogen and oxygen atoms in total. The second kappa shape index (κ2) is 12.8. The smallest absolute Gasteiger partial charge is 0.268 e. The minimum atomic E-state index is -0.891. The van der Waals surface area contributed by atoms with Crippen molar-refractivity contribution in [1.82, 2.24) is 0 Å². The predicted octanol–water partition coefficient (Wildman–Crippen LogP) is 6.05. The van der Waals surface area contributed by atoms with Gasteiger partial charge >= 0.3 is 0 Å². The molecule has 182 valence electrons. The Hall–Kier alpha value is -2.32. The highest BCUT2D eigenvalue weighted by Gasteiger charge is 2.34. The lowest BCUT2D eigenvalue weighted by Gasteiger charge is -2.33. The Morgan fingerprint density at radius 1 is 1.12 bits per heavy atom. The topological polar surface area (TPSA) is 58.6 Å². The van der Waals surface area contributed by atoms with E-state index in [2.05, 4.69) is 29.5 Å². The number of amides is 2. The standard InChI is InChI=1S/C22H24F2N2O3.CH3Cl.CH4S/c1-13-21(28)26(12-14-5-7-15(23)8-6-14)17-10-9-16(19(24)20(17)29-13)25-18(27)11-22(2,3)4;2*1-2/h5-10,13H,11-12H2,1-4H3,(H,25,27);1H3;2H,1H3. The lowest BCUT2D eigenvalue weighted by Crippen LogP contribution is -2.44. The minimum absolute atomic E-state index is 0.00119. The van der Waals surface area contributed by atoms with Gasteiger partial charge in [0.1, 0.15) is 5.82 Å². The number of benzene rings is 2. The van der Waals surface area contributed by atoms with Crippen LogP contribution in [0.2, 0.25) is 0 Å². The van der Waals surface area contributed by atoms with Crippen LogP contribution in [0.25, 0.3) is 0 Å². The van der Waals surface area contributed by atoms with Crippen LogP contribution in [0.15, 0.2) is 36.4 Å². The van der Waals surface area contributed by atoms with Crippen LogP contribution in [-0.2, 0) is 16.1 Å². The van der Waals surface area contributed by atoms with Gasteiger partial charge in [0.05, 0.1) is 17.9 Å². The first-order valence-corrected chi connectivity index (χ1v) is 11.9. The highest BCUT2D eigenvalue weighted by Crippen LogP contribution is 2.40. The summed E-state index contributed by atoms with van der Waals surface area (Å²) >= 11 is 8.17. The number of nitrogens with zero attached hydrogens (tertiary/aromatic N) is 1. The highest BCUT2D eigenvalue weighted by molar-refractivity contribution is 7.79. The molecule has 1 unspecified atom stereocenters. The van der Waals surface area contributed by atoms with Crippen LogP contribution in [0, 0.1) is 17.0 Å². The zero-order valence-corrected chi connectivity index (χ0v) is 21.4. The molecule has 1 atom stereocenters. The molecule has 0 saturated heterocycles. The van der Waals surface area contributed by atoms with Crippen LogP contribution in [-0.4, -0.2) is 30.6 Å². The molecule has 33 heavy (non-hydrogen) atoms. The third-order valence-electron chi connectivity index (χ3n) is 4.49. The van der Waals surface area contributed by atoms with Crippen molar-refractivity contribution in [3.63, 3.8) is 0 Å². The Morgan fingerprint density at radius 3 is 2.24 bits per heavy atom. The third kappa shape index (κ3) is 7.89. The van der Waals surface area contributed by atoms with Gasteiger partial charge in [0.15, 0.2) is 17.7 Å². The van der Waals surface area contributed by atoms with Crippen molar-refractivity contribution in [2.75, 3.05) is 22.9 Å². The molecule has 0 saturated carbocycles. The van der Waals surface area contributed by atoms with Crippen molar-refractivity contribution < 1.29 is 23.1 Å². The number of nitrogens with one attached hydrogen (secondary N) is 1. The fourth-order valence-corrected chi connectivity index (χ4v) is 3.14. The average Bonchev–Trinajstić information content (AvgIpc) is 2.77. The van der Waals surface area contributed by atoms with Crippen LogP contribution in [0.4, 0.5) is 20.2 Å². The number of carbonyl (C=O) groups excluding carboxylic acids is 2. The van der Waals surface area contributed by atoms with Crippen LogP contribution in [0.3, 0.4) is 0 Å². The Morgan fingerprint density at radius 2 is 1.70 bits per heavy atom. The van der Waals surface area contributed by atoms with Gasteiger partial charge in [0, 0.05) is 12.8 Å². The minimum Gasteiger partial charge on any atom is -0.476 e. The molecule has 1 aliphatic rings. The van der Waals surface area contributed by atoms with E-state index in [9.17, 15) is 14.0 Å². The maximum absolute atomic E-state index is 15.1. The summed E-state index contributed by atoms with van der Waals surface area (Å²) in [5.74, 6) is -1.83. The van der Waals surface area contributed by atoms with Gasteiger partial charge in [-0.3, -0.25) is 9.59 Å². The van der Waals surface area contributed by atoms with E-state index in [0.717, 1.165) is 0 Å². The number of rotatable bonds is 4. The van der Waals surface area contributed by atoms with E-state index in [4.69, 9.17) is 4.74 Å². The summed E-state index contributed by atoms with van der Waals surface area (Å²) in [5.41, 5.74) is 0.728. The lowest BCUT2D eigenvalue weighted by atomic mass is 9.92. The summed E-state index contributed by atoms with van der Waals surface area (Å²) in [6.45, 7) is 7.43. The van der Waals surface area contributed by atoms with Gasteiger partial charge in [-0.25, -0.2) is 8.78 Å². The molecule has 9 heteroatoms. The quantitative estimate of drug-likeness (QED) is 0.396. The number of halogens is 3.